The molecule has 0 unspecified atom stereocenters. The van der Waals surface area contributed by atoms with Gasteiger partial charge in [-0.2, -0.15) is 15.0 Å². The number of hydrogen-bond donors (Lipinski definition) is 1. The van der Waals surface area contributed by atoms with E-state index in [4.69, 9.17) is 22.1 Å². The first-order chi connectivity index (χ1) is 8.10. The van der Waals surface area contributed by atoms with Crippen LogP contribution in [0, 0.1) is 0 Å². The van der Waals surface area contributed by atoms with Gasteiger partial charge in [0.05, 0.1) is 12.7 Å². The van der Waals surface area contributed by atoms with Crippen LogP contribution in [0.2, 0.25) is 5.28 Å². The number of benzene rings is 1. The third kappa shape index (κ3) is 2.65. The number of nitrogens with two attached hydrogens (primary N) is 1. The number of halogens is 2. The summed E-state index contributed by atoms with van der Waals surface area (Å²) in [6, 6.07) is 5.48. The summed E-state index contributed by atoms with van der Waals surface area (Å²) in [4.78, 5) is 11.7. The zero-order chi connectivity index (χ0) is 12.4. The number of rotatable bonds is 2. The topological polar surface area (TPSA) is 73.9 Å². The zero-order valence-electron chi connectivity index (χ0n) is 8.82. The Morgan fingerprint density at radius 1 is 1.29 bits per heavy atom. The van der Waals surface area contributed by atoms with Gasteiger partial charge >= 0.3 is 0 Å². The average Bonchev–Trinajstić information content (AvgIpc) is 2.27. The molecule has 17 heavy (non-hydrogen) atoms. The zero-order valence-corrected chi connectivity index (χ0v) is 11.2. The largest absolute Gasteiger partial charge is 0.496 e. The number of ether oxygens (including phenoxy) is 1. The van der Waals surface area contributed by atoms with Crippen LogP contribution in [0.4, 0.5) is 5.95 Å². The van der Waals surface area contributed by atoms with E-state index in [1.165, 1.54) is 0 Å². The second-order valence-electron chi connectivity index (χ2n) is 3.13. The third-order valence-electron chi connectivity index (χ3n) is 2.03. The highest BCUT2D eigenvalue weighted by atomic mass is 79.9. The summed E-state index contributed by atoms with van der Waals surface area (Å²) < 4.78 is 6.14. The molecule has 1 aromatic carbocycles. The smallest absolute Gasteiger partial charge is 0.227 e. The molecule has 0 radical (unpaired) electrons. The monoisotopic (exact) mass is 314 g/mol. The van der Waals surface area contributed by atoms with Crippen LogP contribution in [0.15, 0.2) is 22.7 Å². The van der Waals surface area contributed by atoms with Crippen molar-refractivity contribution in [3.8, 4) is 17.1 Å². The lowest BCUT2D eigenvalue weighted by Crippen LogP contribution is -2.01. The number of methoxy groups -OCH3 is 1. The molecule has 2 N–H and O–H groups in total. The van der Waals surface area contributed by atoms with E-state index in [-0.39, 0.29) is 11.2 Å². The van der Waals surface area contributed by atoms with Crippen LogP contribution in [0.25, 0.3) is 11.4 Å². The van der Waals surface area contributed by atoms with Crippen molar-refractivity contribution in [3.63, 3.8) is 0 Å². The molecule has 2 aromatic rings. The number of anilines is 1. The van der Waals surface area contributed by atoms with E-state index in [9.17, 15) is 0 Å². The van der Waals surface area contributed by atoms with Crippen LogP contribution in [0.3, 0.4) is 0 Å². The quantitative estimate of drug-likeness (QED) is 0.922. The molecule has 7 heteroatoms. The first-order valence-corrected chi connectivity index (χ1v) is 5.78. The van der Waals surface area contributed by atoms with Crippen molar-refractivity contribution in [1.29, 1.82) is 0 Å². The molecule has 1 aromatic heterocycles. The third-order valence-corrected chi connectivity index (χ3v) is 2.69. The Morgan fingerprint density at radius 2 is 2.06 bits per heavy atom. The maximum Gasteiger partial charge on any atom is 0.227 e. The Labute approximate surface area is 111 Å². The van der Waals surface area contributed by atoms with Gasteiger partial charge in [0.25, 0.3) is 0 Å². The molecule has 0 saturated heterocycles. The van der Waals surface area contributed by atoms with Crippen LogP contribution >= 0.6 is 27.5 Å². The molecule has 0 bridgehead atoms. The minimum absolute atomic E-state index is 0.0532. The molecule has 0 spiro atoms. The van der Waals surface area contributed by atoms with E-state index < -0.39 is 0 Å². The van der Waals surface area contributed by atoms with Gasteiger partial charge < -0.3 is 10.5 Å². The molecule has 0 saturated carbocycles. The van der Waals surface area contributed by atoms with Gasteiger partial charge in [0.2, 0.25) is 11.2 Å². The van der Waals surface area contributed by atoms with Gasteiger partial charge in [0.1, 0.15) is 5.75 Å². The summed E-state index contributed by atoms with van der Waals surface area (Å²) in [5, 5.41) is 0.0532. The lowest BCUT2D eigenvalue weighted by atomic mass is 10.2. The van der Waals surface area contributed by atoms with Gasteiger partial charge in [-0.15, -0.1) is 0 Å². The van der Waals surface area contributed by atoms with Crippen LogP contribution < -0.4 is 10.5 Å². The molecule has 0 atom stereocenters. The van der Waals surface area contributed by atoms with E-state index in [0.29, 0.717) is 17.1 Å². The first kappa shape index (κ1) is 12.1. The molecule has 2 rings (SSSR count). The van der Waals surface area contributed by atoms with Crippen LogP contribution in [0.1, 0.15) is 0 Å². The first-order valence-electron chi connectivity index (χ1n) is 4.61. The minimum Gasteiger partial charge on any atom is -0.496 e. The molecule has 0 amide bonds. The molecule has 1 heterocycles. The summed E-state index contributed by atoms with van der Waals surface area (Å²) in [5.74, 6) is 1.08. The molecule has 88 valence electrons. The van der Waals surface area contributed by atoms with E-state index >= 15 is 0 Å². The van der Waals surface area contributed by atoms with E-state index in [2.05, 4.69) is 30.9 Å². The maximum absolute atomic E-state index is 5.73. The SMILES string of the molecule is COc1cc(Br)ccc1-c1nc(N)nc(Cl)n1. The van der Waals surface area contributed by atoms with Gasteiger partial charge in [-0.3, -0.25) is 0 Å². The van der Waals surface area contributed by atoms with Crippen LogP contribution in [-0.4, -0.2) is 22.1 Å². The predicted octanol–water partition coefficient (Wildman–Crippen LogP) is 2.55. The van der Waals surface area contributed by atoms with Gasteiger partial charge in [-0.25, -0.2) is 0 Å². The second kappa shape index (κ2) is 4.85. The highest BCUT2D eigenvalue weighted by molar-refractivity contribution is 9.10. The summed E-state index contributed by atoms with van der Waals surface area (Å²) >= 11 is 9.09. The van der Waals surface area contributed by atoms with Crippen LogP contribution in [0.5, 0.6) is 5.75 Å². The van der Waals surface area contributed by atoms with Crippen LogP contribution in [-0.2, 0) is 0 Å². The fraction of sp³-hybridized carbons (Fsp3) is 0.100. The van der Waals surface area contributed by atoms with Gasteiger partial charge in [-0.1, -0.05) is 15.9 Å². The summed E-state index contributed by atoms with van der Waals surface area (Å²) in [6.07, 6.45) is 0. The van der Waals surface area contributed by atoms with Crippen molar-refractivity contribution in [3.05, 3.63) is 28.0 Å². The van der Waals surface area contributed by atoms with E-state index in [1.807, 2.05) is 18.2 Å². The maximum atomic E-state index is 5.73. The molecule has 0 aliphatic carbocycles. The summed E-state index contributed by atoms with van der Waals surface area (Å²) in [5.41, 5.74) is 6.22. The van der Waals surface area contributed by atoms with Crippen molar-refractivity contribution < 1.29 is 4.74 Å². The number of nitrogens with zero attached hydrogens (tertiary/aromatic N) is 3. The number of nitrogen functional groups attached to an aromatic ring is 1. The van der Waals surface area contributed by atoms with Gasteiger partial charge in [-0.05, 0) is 29.8 Å². The molecule has 0 aliphatic rings. The van der Waals surface area contributed by atoms with Crippen molar-refractivity contribution in [2.24, 2.45) is 0 Å². The van der Waals surface area contributed by atoms with Gasteiger partial charge in [0.15, 0.2) is 5.82 Å². The Morgan fingerprint density at radius 3 is 2.71 bits per heavy atom. The minimum atomic E-state index is 0.0532. The van der Waals surface area contributed by atoms with Crippen molar-refractivity contribution >= 4 is 33.5 Å². The highest BCUT2D eigenvalue weighted by Gasteiger charge is 2.11. The number of aromatic nitrogens is 3. The average molecular weight is 316 g/mol. The lowest BCUT2D eigenvalue weighted by molar-refractivity contribution is 0.416. The second-order valence-corrected chi connectivity index (χ2v) is 4.38. The summed E-state index contributed by atoms with van der Waals surface area (Å²) in [6.45, 7) is 0. The van der Waals surface area contributed by atoms with Gasteiger partial charge in [0, 0.05) is 4.47 Å². The molecular formula is C10H8BrClN4O. The molecule has 0 aliphatic heterocycles. The Balaban J connectivity index is 2.59. The summed E-state index contributed by atoms with van der Waals surface area (Å²) in [7, 11) is 1.57. The van der Waals surface area contributed by atoms with E-state index in [0.717, 1.165) is 4.47 Å². The highest BCUT2D eigenvalue weighted by Crippen LogP contribution is 2.30. The number of hydrogen-bond acceptors (Lipinski definition) is 5. The fourth-order valence-electron chi connectivity index (χ4n) is 1.34. The Hall–Kier alpha value is -1.40. The molecular weight excluding hydrogens is 307 g/mol. The van der Waals surface area contributed by atoms with Crippen molar-refractivity contribution in [1.82, 2.24) is 15.0 Å². The predicted molar refractivity (Wildman–Crippen MR) is 68.9 cm³/mol. The Kier molecular flexibility index (Phi) is 3.44. The van der Waals surface area contributed by atoms with Crippen molar-refractivity contribution in [2.45, 2.75) is 0 Å². The Bertz CT molecular complexity index is 544. The normalized spacial score (nSPS) is 10.3. The lowest BCUT2D eigenvalue weighted by Gasteiger charge is -2.08. The molecule has 5 nitrogen and oxygen atoms in total. The molecule has 0 fully saturated rings. The van der Waals surface area contributed by atoms with Crippen molar-refractivity contribution in [2.75, 3.05) is 12.8 Å². The standard InChI is InChI=1S/C10H8BrClN4O/c1-17-7-4-5(11)2-3-6(7)8-14-9(12)16-10(13)15-8/h2-4H,1H3,(H2,13,14,15,16). The fourth-order valence-corrected chi connectivity index (χ4v) is 1.84. The van der Waals surface area contributed by atoms with E-state index in [1.54, 1.807) is 7.11 Å².